The Morgan fingerprint density at radius 3 is 2.33 bits per heavy atom. The third-order valence-corrected chi connectivity index (χ3v) is 5.58. The second-order valence-electron chi connectivity index (χ2n) is 3.11. The van der Waals surface area contributed by atoms with E-state index >= 15 is 0 Å². The van der Waals surface area contributed by atoms with Crippen molar-refractivity contribution >= 4 is 51.2 Å². The molecule has 0 amide bonds. The number of rotatable bonds is 4. The Morgan fingerprint density at radius 2 is 2.08 bits per heavy atom. The van der Waals surface area contributed by atoms with Crippen LogP contribution in [-0.2, 0) is 4.79 Å². The minimum atomic E-state index is -0.746. The first-order chi connectivity index (χ1) is 5.28. The number of aliphatic carboxylic acids is 1. The van der Waals surface area contributed by atoms with Crippen LogP contribution in [0.3, 0.4) is 0 Å². The largest absolute Gasteiger partial charge is 0.480 e. The van der Waals surface area contributed by atoms with E-state index in [0.29, 0.717) is 0 Å². The van der Waals surface area contributed by atoms with Crippen molar-refractivity contribution in [3.63, 3.8) is 0 Å². The van der Waals surface area contributed by atoms with Crippen LogP contribution in [0.25, 0.3) is 0 Å². The number of hydrogen-bond donors (Lipinski definition) is 1. The van der Waals surface area contributed by atoms with Gasteiger partial charge in [-0.3, -0.25) is 4.79 Å². The highest BCUT2D eigenvalue weighted by Crippen LogP contribution is 2.29. The summed E-state index contributed by atoms with van der Waals surface area (Å²) in [6, 6.07) is 0. The molecule has 5 heteroatoms. The Balaban J connectivity index is 4.25. The number of carboxylic acids is 1. The summed E-state index contributed by atoms with van der Waals surface area (Å²) in [6.45, 7) is 2.53. The van der Waals surface area contributed by atoms with E-state index < -0.39 is 9.39 Å². The summed E-state index contributed by atoms with van der Waals surface area (Å²) < 4.78 is -0.564. The number of carbonyl (C=O) groups is 1. The molecule has 72 valence electrons. The second-order valence-corrected chi connectivity index (χ2v) is 6.86. The van der Waals surface area contributed by atoms with Crippen LogP contribution >= 0.6 is 45.2 Å². The van der Waals surface area contributed by atoms with Crippen molar-refractivity contribution in [2.24, 2.45) is 0 Å². The van der Waals surface area contributed by atoms with Gasteiger partial charge in [0.05, 0.1) is 0 Å². The van der Waals surface area contributed by atoms with Crippen molar-refractivity contribution in [2.75, 3.05) is 20.6 Å². The molecule has 0 radical (unpaired) electrons. The van der Waals surface area contributed by atoms with E-state index in [1.54, 1.807) is 6.92 Å². The third kappa shape index (κ3) is 3.73. The molecule has 0 aromatic carbocycles. The van der Waals surface area contributed by atoms with Crippen LogP contribution in [0.4, 0.5) is 0 Å². The second kappa shape index (κ2) is 4.94. The van der Waals surface area contributed by atoms with Gasteiger partial charge in [-0.15, -0.1) is 0 Å². The zero-order valence-electron chi connectivity index (χ0n) is 7.34. The summed E-state index contributed by atoms with van der Waals surface area (Å²) in [5.41, 5.74) is 0. The highest BCUT2D eigenvalue weighted by molar-refractivity contribution is 14.1. The molecule has 0 spiro atoms. The molecule has 2 atom stereocenters. The van der Waals surface area contributed by atoms with Gasteiger partial charge in [0, 0.05) is 10.5 Å². The van der Waals surface area contributed by atoms with Gasteiger partial charge in [-0.25, -0.2) is 0 Å². The molecule has 0 aliphatic carbocycles. The van der Waals surface area contributed by atoms with E-state index in [-0.39, 0.29) is 3.92 Å². The van der Waals surface area contributed by atoms with Gasteiger partial charge in [-0.05, 0) is 21.0 Å². The Labute approximate surface area is 100 Å². The van der Waals surface area contributed by atoms with Gasteiger partial charge in [0.15, 0.2) is 0 Å². The molecule has 0 aliphatic heterocycles. The van der Waals surface area contributed by atoms with E-state index in [1.807, 2.05) is 41.6 Å². The van der Waals surface area contributed by atoms with Crippen molar-refractivity contribution in [1.29, 1.82) is 0 Å². The van der Waals surface area contributed by atoms with E-state index in [9.17, 15) is 4.79 Å². The predicted molar refractivity (Wildman–Crippen MR) is 66.4 cm³/mol. The normalized spacial score (nSPS) is 18.8. The monoisotopic (exact) mass is 397 g/mol. The summed E-state index contributed by atoms with van der Waals surface area (Å²) in [7, 11) is 3.89. The highest BCUT2D eigenvalue weighted by Gasteiger charge is 2.37. The molecule has 1 N–H and O–H groups in total. The molecule has 0 aromatic heterocycles. The first-order valence-electron chi connectivity index (χ1n) is 3.49. The number of alkyl halides is 2. The van der Waals surface area contributed by atoms with Crippen LogP contribution in [0.2, 0.25) is 0 Å². The molecule has 0 saturated heterocycles. The van der Waals surface area contributed by atoms with Gasteiger partial charge in [0.25, 0.3) is 0 Å². The van der Waals surface area contributed by atoms with Crippen LogP contribution in [0.5, 0.6) is 0 Å². The van der Waals surface area contributed by atoms with E-state index in [1.165, 1.54) is 0 Å². The zero-order valence-corrected chi connectivity index (χ0v) is 11.7. The minimum absolute atomic E-state index is 0.114. The van der Waals surface area contributed by atoms with Gasteiger partial charge in [-0.1, -0.05) is 45.2 Å². The summed E-state index contributed by atoms with van der Waals surface area (Å²) in [5.74, 6) is -0.746. The van der Waals surface area contributed by atoms with Crippen molar-refractivity contribution in [2.45, 2.75) is 14.3 Å². The molecule has 0 saturated carbocycles. The molecule has 0 aromatic rings. The fourth-order valence-electron chi connectivity index (χ4n) is 0.626. The minimum Gasteiger partial charge on any atom is -0.480 e. The lowest BCUT2D eigenvalue weighted by Gasteiger charge is -2.26. The topological polar surface area (TPSA) is 40.5 Å². The van der Waals surface area contributed by atoms with E-state index in [2.05, 4.69) is 22.6 Å². The maximum atomic E-state index is 10.8. The summed E-state index contributed by atoms with van der Waals surface area (Å²) in [6.07, 6.45) is 0. The molecule has 2 unspecified atom stereocenters. The van der Waals surface area contributed by atoms with Gasteiger partial charge in [-0.2, -0.15) is 0 Å². The lowest BCUT2D eigenvalue weighted by molar-refractivity contribution is -0.138. The molecule has 0 heterocycles. The molecule has 0 rings (SSSR count). The first kappa shape index (κ1) is 12.9. The third-order valence-electron chi connectivity index (χ3n) is 1.53. The molecule has 3 nitrogen and oxygen atoms in total. The van der Waals surface area contributed by atoms with E-state index in [4.69, 9.17) is 5.11 Å². The maximum Gasteiger partial charge on any atom is 0.320 e. The number of hydrogen-bond acceptors (Lipinski definition) is 2. The van der Waals surface area contributed by atoms with Gasteiger partial charge in [0.1, 0.15) is 3.42 Å². The van der Waals surface area contributed by atoms with Crippen molar-refractivity contribution in [3.05, 3.63) is 0 Å². The average molecular weight is 397 g/mol. The summed E-state index contributed by atoms with van der Waals surface area (Å²) in [4.78, 5) is 12.8. The van der Waals surface area contributed by atoms with E-state index in [0.717, 1.165) is 6.54 Å². The fourth-order valence-corrected chi connectivity index (χ4v) is 1.88. The van der Waals surface area contributed by atoms with Crippen LogP contribution in [-0.4, -0.2) is 44.0 Å². The number of nitrogens with zero attached hydrogens (tertiary/aromatic N) is 1. The van der Waals surface area contributed by atoms with Gasteiger partial charge in [0.2, 0.25) is 0 Å². The quantitative estimate of drug-likeness (QED) is 0.580. The number of carboxylic acid groups (broad SMARTS) is 1. The Kier molecular flexibility index (Phi) is 5.31. The predicted octanol–water partition coefficient (Wildman–Crippen LogP) is 1.63. The standard InChI is InChI=1S/C7H13I2NO2/c1-7(9,6(11)12)5(8)4-10(2)3/h5H,4H2,1-3H3,(H,11,12). The summed E-state index contributed by atoms with van der Waals surface area (Å²) in [5, 5.41) is 8.89. The highest BCUT2D eigenvalue weighted by atomic mass is 127. The molecule has 12 heavy (non-hydrogen) atoms. The molecule has 0 bridgehead atoms. The van der Waals surface area contributed by atoms with Crippen molar-refractivity contribution < 1.29 is 9.90 Å². The Bertz CT molecular complexity index is 171. The van der Waals surface area contributed by atoms with Gasteiger partial charge >= 0.3 is 5.97 Å². The van der Waals surface area contributed by atoms with Crippen molar-refractivity contribution in [3.8, 4) is 0 Å². The molecular weight excluding hydrogens is 384 g/mol. The van der Waals surface area contributed by atoms with Crippen molar-refractivity contribution in [1.82, 2.24) is 4.90 Å². The van der Waals surface area contributed by atoms with Crippen LogP contribution in [0.1, 0.15) is 6.92 Å². The lowest BCUT2D eigenvalue weighted by Crippen LogP contribution is -2.42. The average Bonchev–Trinajstić information content (AvgIpc) is 1.85. The Hall–Kier alpha value is 0.890. The fraction of sp³-hybridized carbons (Fsp3) is 0.857. The molecular formula is C7H13I2NO2. The number of halogens is 2. The van der Waals surface area contributed by atoms with Crippen LogP contribution < -0.4 is 0 Å². The summed E-state index contributed by atoms with van der Waals surface area (Å²) >= 11 is 4.18. The maximum absolute atomic E-state index is 10.8. The first-order valence-corrected chi connectivity index (χ1v) is 5.82. The van der Waals surface area contributed by atoms with Gasteiger partial charge < -0.3 is 10.0 Å². The SMILES string of the molecule is CN(C)CC(I)C(C)(I)C(=O)O. The van der Waals surface area contributed by atoms with Crippen LogP contribution in [0, 0.1) is 0 Å². The Morgan fingerprint density at radius 1 is 1.67 bits per heavy atom. The smallest absolute Gasteiger partial charge is 0.320 e. The van der Waals surface area contributed by atoms with Crippen LogP contribution in [0.15, 0.2) is 0 Å². The molecule has 0 fully saturated rings. The zero-order chi connectivity index (χ0) is 9.94. The lowest BCUT2D eigenvalue weighted by atomic mass is 10.1. The molecule has 0 aliphatic rings.